The van der Waals surface area contributed by atoms with Gasteiger partial charge in [0.2, 0.25) is 10.0 Å². The molecule has 1 fully saturated rings. The van der Waals surface area contributed by atoms with E-state index in [2.05, 4.69) is 36.6 Å². The molecule has 1 aromatic rings. The van der Waals surface area contributed by atoms with Crippen molar-refractivity contribution in [2.45, 2.75) is 37.1 Å². The van der Waals surface area contributed by atoms with E-state index >= 15 is 0 Å². The van der Waals surface area contributed by atoms with Crippen LogP contribution in [-0.4, -0.2) is 14.0 Å². The van der Waals surface area contributed by atoms with Crippen LogP contribution in [0.25, 0.3) is 0 Å². The van der Waals surface area contributed by atoms with Gasteiger partial charge in [0, 0.05) is 14.5 Å². The fraction of sp³-hybridized carbons (Fsp3) is 0.455. The minimum atomic E-state index is -3.45. The van der Waals surface area contributed by atoms with Crippen molar-refractivity contribution >= 4 is 41.9 Å². The fourth-order valence-corrected chi connectivity index (χ4v) is 4.65. The van der Waals surface area contributed by atoms with E-state index in [0.29, 0.717) is 4.47 Å². The Bertz CT molecular complexity index is 565. The fourth-order valence-electron chi connectivity index (χ4n) is 1.50. The van der Waals surface area contributed by atoms with Gasteiger partial charge in [0.15, 0.2) is 0 Å². The number of aryl methyl sites for hydroxylation is 1. The van der Waals surface area contributed by atoms with Gasteiger partial charge in [0.1, 0.15) is 0 Å². The predicted octanol–water partition coefficient (Wildman–Crippen LogP) is 3.35. The second-order valence-electron chi connectivity index (χ2n) is 4.70. The normalized spacial score (nSPS) is 18.1. The highest BCUT2D eigenvalue weighted by Gasteiger charge is 2.41. The second kappa shape index (κ2) is 4.33. The van der Waals surface area contributed by atoms with E-state index in [0.717, 1.165) is 22.9 Å². The van der Waals surface area contributed by atoms with Crippen molar-refractivity contribution in [2.24, 2.45) is 0 Å². The molecule has 1 N–H and O–H groups in total. The first-order valence-corrected chi connectivity index (χ1v) is 8.30. The number of nitrogens with one attached hydrogen (secondary N) is 1. The molecule has 3 nitrogen and oxygen atoms in total. The minimum absolute atomic E-state index is 0.254. The van der Waals surface area contributed by atoms with Gasteiger partial charge in [0.05, 0.1) is 4.90 Å². The standard InChI is InChI=1S/C11H13Br2NO2S/c1-7-5-9(13)10(6-8(7)12)17(15,16)14-11(2)3-4-11/h5-6,14H,3-4H2,1-2H3. The largest absolute Gasteiger partial charge is 0.242 e. The molecule has 0 aromatic heterocycles. The molecule has 17 heavy (non-hydrogen) atoms. The zero-order valence-electron chi connectivity index (χ0n) is 9.55. The van der Waals surface area contributed by atoms with E-state index in [-0.39, 0.29) is 10.4 Å². The summed E-state index contributed by atoms with van der Waals surface area (Å²) in [5, 5.41) is 0. The highest BCUT2D eigenvalue weighted by atomic mass is 79.9. The molecule has 0 saturated heterocycles. The third-order valence-corrected chi connectivity index (χ3v) is 6.33. The van der Waals surface area contributed by atoms with E-state index in [1.807, 2.05) is 13.8 Å². The Labute approximate surface area is 118 Å². The highest BCUT2D eigenvalue weighted by molar-refractivity contribution is 9.11. The molecule has 0 radical (unpaired) electrons. The van der Waals surface area contributed by atoms with Crippen molar-refractivity contribution in [3.63, 3.8) is 0 Å². The van der Waals surface area contributed by atoms with E-state index in [9.17, 15) is 8.42 Å². The van der Waals surface area contributed by atoms with Crippen LogP contribution < -0.4 is 4.72 Å². The number of halogens is 2. The van der Waals surface area contributed by atoms with Gasteiger partial charge in [-0.25, -0.2) is 13.1 Å². The van der Waals surface area contributed by atoms with E-state index in [1.165, 1.54) is 0 Å². The average molecular weight is 383 g/mol. The van der Waals surface area contributed by atoms with Crippen molar-refractivity contribution in [3.8, 4) is 0 Å². The number of rotatable bonds is 3. The van der Waals surface area contributed by atoms with Crippen molar-refractivity contribution in [3.05, 3.63) is 26.6 Å². The third kappa shape index (κ3) is 2.92. The molecule has 1 aliphatic rings. The molecule has 0 unspecified atom stereocenters. The summed E-state index contributed by atoms with van der Waals surface area (Å²) in [4.78, 5) is 0.281. The summed E-state index contributed by atoms with van der Waals surface area (Å²) in [5.41, 5.74) is 0.740. The molecule has 1 aliphatic carbocycles. The molecule has 2 rings (SSSR count). The molecule has 0 spiro atoms. The Morgan fingerprint density at radius 1 is 1.24 bits per heavy atom. The molecular formula is C11H13Br2NO2S. The van der Waals surface area contributed by atoms with Gasteiger partial charge < -0.3 is 0 Å². The molecule has 6 heteroatoms. The summed E-state index contributed by atoms with van der Waals surface area (Å²) in [6, 6.07) is 3.43. The molecule has 94 valence electrons. The summed E-state index contributed by atoms with van der Waals surface area (Å²) >= 11 is 6.66. The summed E-state index contributed by atoms with van der Waals surface area (Å²) in [7, 11) is -3.45. The van der Waals surface area contributed by atoms with Crippen molar-refractivity contribution in [2.75, 3.05) is 0 Å². The lowest BCUT2D eigenvalue weighted by Gasteiger charge is -2.14. The molecule has 0 atom stereocenters. The summed E-state index contributed by atoms with van der Waals surface area (Å²) < 4.78 is 28.5. The Kier molecular flexibility index (Phi) is 3.44. The van der Waals surface area contributed by atoms with Crippen LogP contribution in [0.4, 0.5) is 0 Å². The van der Waals surface area contributed by atoms with Crippen LogP contribution in [-0.2, 0) is 10.0 Å². The molecule has 0 heterocycles. The Morgan fingerprint density at radius 3 is 2.35 bits per heavy atom. The van der Waals surface area contributed by atoms with E-state index in [1.54, 1.807) is 12.1 Å². The van der Waals surface area contributed by atoms with Crippen LogP contribution in [0.2, 0.25) is 0 Å². The summed E-state index contributed by atoms with van der Waals surface area (Å²) in [6.45, 7) is 3.84. The lowest BCUT2D eigenvalue weighted by Crippen LogP contribution is -2.34. The SMILES string of the molecule is Cc1cc(Br)c(S(=O)(=O)NC2(C)CC2)cc1Br. The smallest absolute Gasteiger partial charge is 0.207 e. The van der Waals surface area contributed by atoms with Crippen LogP contribution in [0.1, 0.15) is 25.3 Å². The summed E-state index contributed by atoms with van der Waals surface area (Å²) in [5.74, 6) is 0. The zero-order valence-corrected chi connectivity index (χ0v) is 13.5. The Morgan fingerprint density at radius 2 is 1.82 bits per heavy atom. The van der Waals surface area contributed by atoms with Crippen LogP contribution >= 0.6 is 31.9 Å². The maximum absolute atomic E-state index is 12.2. The lowest BCUT2D eigenvalue weighted by molar-refractivity contribution is 0.557. The first-order chi connectivity index (χ1) is 7.73. The summed E-state index contributed by atoms with van der Waals surface area (Å²) in [6.07, 6.45) is 1.80. The van der Waals surface area contributed by atoms with Gasteiger partial charge in [0.25, 0.3) is 0 Å². The van der Waals surface area contributed by atoms with Gasteiger partial charge in [-0.05, 0) is 60.3 Å². The van der Waals surface area contributed by atoms with Crippen molar-refractivity contribution < 1.29 is 8.42 Å². The van der Waals surface area contributed by atoms with Gasteiger partial charge in [-0.15, -0.1) is 0 Å². The minimum Gasteiger partial charge on any atom is -0.207 e. The maximum Gasteiger partial charge on any atom is 0.242 e. The first kappa shape index (κ1) is 13.5. The molecule has 1 aromatic carbocycles. The number of hydrogen-bond acceptors (Lipinski definition) is 2. The second-order valence-corrected chi connectivity index (χ2v) is 8.06. The molecular weight excluding hydrogens is 370 g/mol. The highest BCUT2D eigenvalue weighted by Crippen LogP contribution is 2.37. The van der Waals surface area contributed by atoms with Gasteiger partial charge in [-0.3, -0.25) is 0 Å². The van der Waals surface area contributed by atoms with E-state index in [4.69, 9.17) is 0 Å². The van der Waals surface area contributed by atoms with Gasteiger partial charge in [-0.2, -0.15) is 0 Å². The topological polar surface area (TPSA) is 46.2 Å². The Balaban J connectivity index is 2.42. The van der Waals surface area contributed by atoms with Crippen molar-refractivity contribution in [1.82, 2.24) is 4.72 Å². The van der Waals surface area contributed by atoms with Crippen LogP contribution in [0.3, 0.4) is 0 Å². The Hall–Kier alpha value is 0.0900. The molecule has 1 saturated carbocycles. The van der Waals surface area contributed by atoms with Crippen LogP contribution in [0, 0.1) is 6.92 Å². The van der Waals surface area contributed by atoms with Crippen molar-refractivity contribution in [1.29, 1.82) is 0 Å². The van der Waals surface area contributed by atoms with Crippen LogP contribution in [0.15, 0.2) is 26.0 Å². The molecule has 0 amide bonds. The predicted molar refractivity (Wildman–Crippen MR) is 74.5 cm³/mol. The number of hydrogen-bond donors (Lipinski definition) is 1. The number of sulfonamides is 1. The number of benzene rings is 1. The van der Waals surface area contributed by atoms with Crippen LogP contribution in [0.5, 0.6) is 0 Å². The first-order valence-electron chi connectivity index (χ1n) is 5.23. The zero-order chi connectivity index (χ0) is 12.8. The average Bonchev–Trinajstić information content (AvgIpc) is 2.88. The molecule has 0 bridgehead atoms. The maximum atomic E-state index is 12.2. The molecule has 0 aliphatic heterocycles. The van der Waals surface area contributed by atoms with Gasteiger partial charge >= 0.3 is 0 Å². The quantitative estimate of drug-likeness (QED) is 0.871. The third-order valence-electron chi connectivity index (χ3n) is 2.88. The van der Waals surface area contributed by atoms with Gasteiger partial charge in [-0.1, -0.05) is 15.9 Å². The lowest BCUT2D eigenvalue weighted by atomic mass is 10.2. The monoisotopic (exact) mass is 381 g/mol. The van der Waals surface area contributed by atoms with E-state index < -0.39 is 10.0 Å².